The van der Waals surface area contributed by atoms with Crippen molar-refractivity contribution in [2.45, 2.75) is 31.5 Å². The SMILES string of the molecule is Cc1cc2c(c(C(O)C(F)(F)F)c1)OC(C(F)(F)F)C=C2. The highest BCUT2D eigenvalue weighted by Crippen LogP contribution is 2.43. The van der Waals surface area contributed by atoms with E-state index in [0.717, 1.165) is 12.1 Å². The van der Waals surface area contributed by atoms with Crippen molar-refractivity contribution >= 4 is 6.08 Å². The minimum atomic E-state index is -5.00. The van der Waals surface area contributed by atoms with Gasteiger partial charge < -0.3 is 9.84 Å². The van der Waals surface area contributed by atoms with Crippen molar-refractivity contribution in [1.82, 2.24) is 0 Å². The number of benzene rings is 1. The highest BCUT2D eigenvalue weighted by Gasteiger charge is 2.45. The molecule has 1 aliphatic heterocycles. The largest absolute Gasteiger partial charge is 0.476 e. The van der Waals surface area contributed by atoms with Crippen LogP contribution in [0.4, 0.5) is 26.3 Å². The molecule has 2 atom stereocenters. The molecule has 1 heterocycles. The first kappa shape index (κ1) is 15.7. The van der Waals surface area contributed by atoms with E-state index in [9.17, 15) is 31.4 Å². The van der Waals surface area contributed by atoms with Gasteiger partial charge in [0.1, 0.15) is 5.75 Å². The highest BCUT2D eigenvalue weighted by molar-refractivity contribution is 5.64. The van der Waals surface area contributed by atoms with Crippen molar-refractivity contribution < 1.29 is 36.2 Å². The lowest BCUT2D eigenvalue weighted by Crippen LogP contribution is -2.35. The third-order valence-corrected chi connectivity index (χ3v) is 2.91. The second-order valence-electron chi connectivity index (χ2n) is 4.66. The van der Waals surface area contributed by atoms with E-state index < -0.39 is 35.9 Å². The molecule has 0 aliphatic carbocycles. The third kappa shape index (κ3) is 3.15. The Morgan fingerprint density at radius 3 is 2.29 bits per heavy atom. The monoisotopic (exact) mass is 312 g/mol. The number of aryl methyl sites for hydroxylation is 1. The number of rotatable bonds is 1. The van der Waals surface area contributed by atoms with Crippen LogP contribution in [0.3, 0.4) is 0 Å². The zero-order valence-corrected chi connectivity index (χ0v) is 10.6. The fraction of sp³-hybridized carbons (Fsp3) is 0.385. The maximum Gasteiger partial charge on any atom is 0.429 e. The maximum atomic E-state index is 12.6. The average Bonchev–Trinajstić information content (AvgIpc) is 2.34. The van der Waals surface area contributed by atoms with Gasteiger partial charge in [0.05, 0.1) is 0 Å². The van der Waals surface area contributed by atoms with Gasteiger partial charge in [-0.05, 0) is 30.7 Å². The van der Waals surface area contributed by atoms with Crippen LogP contribution in [0.2, 0.25) is 0 Å². The van der Waals surface area contributed by atoms with E-state index in [-0.39, 0.29) is 5.56 Å². The molecule has 0 amide bonds. The standard InChI is InChI=1S/C13H10F6O2/c1-6-4-7-2-3-9(12(14,15)16)21-10(7)8(5-6)11(20)13(17,18)19/h2-5,9,11,20H,1H3. The summed E-state index contributed by atoms with van der Waals surface area (Å²) in [6.07, 6.45) is -13.3. The number of aliphatic hydroxyl groups is 1. The number of ether oxygens (including phenoxy) is 1. The minimum absolute atomic E-state index is 0.0637. The molecule has 21 heavy (non-hydrogen) atoms. The van der Waals surface area contributed by atoms with Crippen LogP contribution in [-0.2, 0) is 0 Å². The summed E-state index contributed by atoms with van der Waals surface area (Å²) in [6, 6.07) is 2.34. The molecule has 0 saturated heterocycles. The Kier molecular flexibility index (Phi) is 3.69. The molecule has 0 radical (unpaired) electrons. The Balaban J connectivity index is 2.51. The lowest BCUT2D eigenvalue weighted by molar-refractivity contribution is -0.208. The predicted octanol–water partition coefficient (Wildman–Crippen LogP) is 3.93. The van der Waals surface area contributed by atoms with Crippen molar-refractivity contribution in [1.29, 1.82) is 0 Å². The molecule has 1 N–H and O–H groups in total. The fourth-order valence-electron chi connectivity index (χ4n) is 2.00. The van der Waals surface area contributed by atoms with Crippen molar-refractivity contribution in [2.75, 3.05) is 0 Å². The van der Waals surface area contributed by atoms with Crippen molar-refractivity contribution in [2.24, 2.45) is 0 Å². The van der Waals surface area contributed by atoms with Crippen LogP contribution in [-0.4, -0.2) is 23.6 Å². The molecule has 2 rings (SSSR count). The second-order valence-corrected chi connectivity index (χ2v) is 4.66. The normalized spacial score (nSPS) is 19.9. The summed E-state index contributed by atoms with van der Waals surface area (Å²) in [7, 11) is 0. The van der Waals surface area contributed by atoms with Crippen molar-refractivity contribution in [3.8, 4) is 5.75 Å². The van der Waals surface area contributed by atoms with E-state index >= 15 is 0 Å². The molecule has 0 aromatic heterocycles. The predicted molar refractivity (Wildman–Crippen MR) is 61.7 cm³/mol. The van der Waals surface area contributed by atoms with E-state index in [4.69, 9.17) is 0 Å². The molecule has 116 valence electrons. The van der Waals surface area contributed by atoms with Crippen LogP contribution in [0, 0.1) is 6.92 Å². The van der Waals surface area contributed by atoms with Gasteiger partial charge in [-0.25, -0.2) is 0 Å². The van der Waals surface area contributed by atoms with Crippen LogP contribution < -0.4 is 4.74 Å². The molecule has 2 nitrogen and oxygen atoms in total. The Hall–Kier alpha value is -1.70. The van der Waals surface area contributed by atoms with Crippen LogP contribution in [0.25, 0.3) is 6.08 Å². The molecule has 0 fully saturated rings. The number of hydrogen-bond donors (Lipinski definition) is 1. The lowest BCUT2D eigenvalue weighted by Gasteiger charge is -2.27. The summed E-state index contributed by atoms with van der Waals surface area (Å²) in [5.74, 6) is -0.602. The smallest absolute Gasteiger partial charge is 0.429 e. The summed E-state index contributed by atoms with van der Waals surface area (Å²) >= 11 is 0. The molecule has 0 saturated carbocycles. The Morgan fingerprint density at radius 2 is 1.76 bits per heavy atom. The van der Waals surface area contributed by atoms with E-state index in [2.05, 4.69) is 4.74 Å². The second kappa shape index (κ2) is 4.94. The summed E-state index contributed by atoms with van der Waals surface area (Å²) in [5, 5.41) is 9.32. The summed E-state index contributed by atoms with van der Waals surface area (Å²) in [5.41, 5.74) is -0.296. The topological polar surface area (TPSA) is 29.5 Å². The number of aliphatic hydroxyl groups excluding tert-OH is 1. The number of hydrogen-bond acceptors (Lipinski definition) is 2. The molecule has 1 aromatic rings. The van der Waals surface area contributed by atoms with Gasteiger partial charge in [0.25, 0.3) is 0 Å². The Bertz CT molecular complexity index is 573. The van der Waals surface area contributed by atoms with Gasteiger partial charge in [-0.15, -0.1) is 0 Å². The third-order valence-electron chi connectivity index (χ3n) is 2.91. The summed E-state index contributed by atoms with van der Waals surface area (Å²) < 4.78 is 80.4. The van der Waals surface area contributed by atoms with Crippen LogP contribution >= 0.6 is 0 Å². The number of alkyl halides is 6. The van der Waals surface area contributed by atoms with Crippen LogP contribution in [0.15, 0.2) is 18.2 Å². The van der Waals surface area contributed by atoms with Crippen molar-refractivity contribution in [3.05, 3.63) is 34.9 Å². The van der Waals surface area contributed by atoms with E-state index in [1.165, 1.54) is 13.0 Å². The van der Waals surface area contributed by atoms with Gasteiger partial charge in [0, 0.05) is 11.1 Å². The van der Waals surface area contributed by atoms with Gasteiger partial charge in [-0.2, -0.15) is 26.3 Å². The molecule has 8 heteroatoms. The highest BCUT2D eigenvalue weighted by atomic mass is 19.4. The molecular weight excluding hydrogens is 302 g/mol. The molecule has 2 unspecified atom stereocenters. The first-order valence-corrected chi connectivity index (χ1v) is 5.81. The van der Waals surface area contributed by atoms with Crippen LogP contribution in [0.1, 0.15) is 22.8 Å². The Labute approximate surface area is 115 Å². The molecule has 1 aromatic carbocycles. The molecular formula is C13H10F6O2. The molecule has 1 aliphatic rings. The first-order valence-electron chi connectivity index (χ1n) is 5.81. The van der Waals surface area contributed by atoms with E-state index in [1.54, 1.807) is 0 Å². The zero-order valence-electron chi connectivity index (χ0n) is 10.6. The van der Waals surface area contributed by atoms with Gasteiger partial charge in [-0.1, -0.05) is 6.08 Å². The van der Waals surface area contributed by atoms with Crippen molar-refractivity contribution in [3.63, 3.8) is 0 Å². The van der Waals surface area contributed by atoms with Gasteiger partial charge in [-0.3, -0.25) is 0 Å². The number of halogens is 6. The fourth-order valence-corrected chi connectivity index (χ4v) is 2.00. The van der Waals surface area contributed by atoms with Gasteiger partial charge in [0.2, 0.25) is 6.10 Å². The number of fused-ring (bicyclic) bond motifs is 1. The van der Waals surface area contributed by atoms with E-state index in [1.807, 2.05) is 0 Å². The molecule has 0 bridgehead atoms. The quantitative estimate of drug-likeness (QED) is 0.796. The average molecular weight is 312 g/mol. The first-order chi connectivity index (χ1) is 9.50. The maximum absolute atomic E-state index is 12.6. The minimum Gasteiger partial charge on any atom is -0.476 e. The lowest BCUT2D eigenvalue weighted by atomic mass is 9.98. The Morgan fingerprint density at radius 1 is 1.14 bits per heavy atom. The van der Waals surface area contributed by atoms with Gasteiger partial charge >= 0.3 is 12.4 Å². The van der Waals surface area contributed by atoms with E-state index in [0.29, 0.717) is 11.6 Å². The van der Waals surface area contributed by atoms with Crippen LogP contribution in [0.5, 0.6) is 5.75 Å². The summed E-state index contributed by atoms with van der Waals surface area (Å²) in [4.78, 5) is 0. The summed E-state index contributed by atoms with van der Waals surface area (Å²) in [6.45, 7) is 1.47. The molecule has 0 spiro atoms. The van der Waals surface area contributed by atoms with Gasteiger partial charge in [0.15, 0.2) is 6.10 Å². The zero-order chi connectivity index (χ0) is 16.0.